The van der Waals surface area contributed by atoms with E-state index in [-0.39, 0.29) is 0 Å². The van der Waals surface area contributed by atoms with Gasteiger partial charge in [0.15, 0.2) is 0 Å². The van der Waals surface area contributed by atoms with E-state index in [4.69, 9.17) is 22.5 Å². The van der Waals surface area contributed by atoms with Crippen LogP contribution >= 0.6 is 24.0 Å². The van der Waals surface area contributed by atoms with Crippen molar-refractivity contribution >= 4 is 34.0 Å². The number of rotatable bonds is 4. The normalized spacial score (nSPS) is 10.8. The average Bonchev–Trinajstić information content (AvgIpc) is 2.52. The lowest BCUT2D eigenvalue weighted by atomic mass is 9.79. The van der Waals surface area contributed by atoms with E-state index in [2.05, 4.69) is 28.2 Å². The summed E-state index contributed by atoms with van der Waals surface area (Å²) in [6, 6.07) is 12.3. The maximum atomic E-state index is 8.78. The van der Waals surface area contributed by atoms with Crippen LogP contribution in [-0.4, -0.2) is 11.0 Å². The van der Waals surface area contributed by atoms with Crippen LogP contribution in [0.25, 0.3) is 32.7 Å². The number of fused-ring (bicyclic) bond motifs is 4. The molecule has 0 saturated carbocycles. The zero-order valence-corrected chi connectivity index (χ0v) is 13.6. The predicted octanol–water partition coefficient (Wildman–Crippen LogP) is 5.83. The Morgan fingerprint density at radius 2 is 1.91 bits per heavy atom. The number of benzene rings is 2. The number of azide groups is 1. The van der Waals surface area contributed by atoms with Crippen LogP contribution in [0, 0.1) is 0 Å². The first-order valence-corrected chi connectivity index (χ1v) is 8.25. The zero-order chi connectivity index (χ0) is 15.5. The van der Waals surface area contributed by atoms with E-state index in [0.717, 1.165) is 11.1 Å². The minimum absolute atomic E-state index is 0.512. The third-order valence-electron chi connectivity index (χ3n) is 3.49. The predicted molar refractivity (Wildman–Crippen MR) is 95.2 cm³/mol. The maximum Gasteiger partial charge on any atom is 0.220 e. The van der Waals surface area contributed by atoms with Crippen molar-refractivity contribution in [3.05, 3.63) is 52.4 Å². The highest BCUT2D eigenvalue weighted by Crippen LogP contribution is 2.49. The molecule has 1 aliphatic rings. The van der Waals surface area contributed by atoms with Gasteiger partial charge in [0, 0.05) is 16.4 Å². The van der Waals surface area contributed by atoms with E-state index < -0.39 is 0 Å². The topological polar surface area (TPSA) is 58.0 Å². The Bertz CT molecular complexity index is 798. The summed E-state index contributed by atoms with van der Waals surface area (Å²) >= 11 is 6.57. The highest BCUT2D eigenvalue weighted by Gasteiger charge is 2.23. The van der Waals surface area contributed by atoms with Crippen LogP contribution in [-0.2, 0) is 10.5 Å². The summed E-state index contributed by atoms with van der Waals surface area (Å²) in [5.74, 6) is 0.628. The highest BCUT2D eigenvalue weighted by atomic mass is 32.2. The molecule has 1 aliphatic carbocycles. The smallest absolute Gasteiger partial charge is 0.220 e. The number of hydrogen-bond acceptors (Lipinski definition) is 4. The molecule has 2 aromatic carbocycles. The fraction of sp³-hybridized carbons (Fsp3) is 0.188. The minimum atomic E-state index is 0.512. The summed E-state index contributed by atoms with van der Waals surface area (Å²) in [6.45, 7) is 2.47. The standard InChI is InChI=1S/C16H13N3OS2/c1-2-20-16(21)22-9-10-7-13-11-5-3-4-6-12(11)14(13)8-15(10)18-19-17/h3-8H,2,9H2,1H3. The Balaban J connectivity index is 1.92. The third-order valence-corrected chi connectivity index (χ3v) is 4.77. The van der Waals surface area contributed by atoms with Crippen molar-refractivity contribution < 1.29 is 4.74 Å². The Labute approximate surface area is 138 Å². The first-order chi connectivity index (χ1) is 10.7. The molecule has 0 unspecified atom stereocenters. The summed E-state index contributed by atoms with van der Waals surface area (Å²) < 4.78 is 5.79. The van der Waals surface area contributed by atoms with Crippen LogP contribution in [0.5, 0.6) is 0 Å². The molecular weight excluding hydrogens is 314 g/mol. The molecule has 0 spiro atoms. The largest absolute Gasteiger partial charge is 0.479 e. The molecule has 4 nitrogen and oxygen atoms in total. The summed E-state index contributed by atoms with van der Waals surface area (Å²) in [7, 11) is 0. The molecule has 2 aromatic rings. The number of thiocarbonyl (C=S) groups is 1. The molecule has 0 aliphatic heterocycles. The molecule has 0 atom stereocenters. The van der Waals surface area contributed by atoms with E-state index in [1.54, 1.807) is 0 Å². The van der Waals surface area contributed by atoms with Gasteiger partial charge in [-0.15, -0.1) is 0 Å². The lowest BCUT2D eigenvalue weighted by Crippen LogP contribution is -2.01. The molecule has 0 saturated heterocycles. The summed E-state index contributed by atoms with van der Waals surface area (Å²) in [6.07, 6.45) is 0. The van der Waals surface area contributed by atoms with Crippen LogP contribution in [0.3, 0.4) is 0 Å². The molecule has 110 valence electrons. The Morgan fingerprint density at radius 1 is 1.23 bits per heavy atom. The second-order valence-electron chi connectivity index (χ2n) is 4.73. The molecule has 0 fully saturated rings. The van der Waals surface area contributed by atoms with Crippen LogP contribution in [0.2, 0.25) is 0 Å². The van der Waals surface area contributed by atoms with E-state index in [1.165, 1.54) is 28.5 Å². The molecule has 0 N–H and O–H groups in total. The van der Waals surface area contributed by atoms with Gasteiger partial charge < -0.3 is 4.74 Å². The Morgan fingerprint density at radius 3 is 2.55 bits per heavy atom. The average molecular weight is 327 g/mol. The van der Waals surface area contributed by atoms with Gasteiger partial charge in [-0.2, -0.15) is 0 Å². The number of ether oxygens (including phenoxy) is 1. The van der Waals surface area contributed by atoms with Crippen molar-refractivity contribution in [3.8, 4) is 22.3 Å². The maximum absolute atomic E-state index is 8.78. The number of hydrogen-bond donors (Lipinski definition) is 0. The molecule has 6 heteroatoms. The Hall–Kier alpha value is -2.01. The van der Waals surface area contributed by atoms with Crippen LogP contribution < -0.4 is 0 Å². The van der Waals surface area contributed by atoms with Gasteiger partial charge in [0.25, 0.3) is 0 Å². The first-order valence-electron chi connectivity index (χ1n) is 6.86. The van der Waals surface area contributed by atoms with Gasteiger partial charge in [0.2, 0.25) is 4.38 Å². The molecule has 0 bridgehead atoms. The monoisotopic (exact) mass is 327 g/mol. The summed E-state index contributed by atoms with van der Waals surface area (Å²) in [5.41, 5.74) is 15.2. The number of nitrogens with zero attached hydrogens (tertiary/aromatic N) is 3. The number of thioether (sulfide) groups is 1. The van der Waals surface area contributed by atoms with Gasteiger partial charge in [-0.05, 0) is 64.6 Å². The van der Waals surface area contributed by atoms with Crippen molar-refractivity contribution in [3.63, 3.8) is 0 Å². The van der Waals surface area contributed by atoms with Crippen molar-refractivity contribution in [1.82, 2.24) is 0 Å². The minimum Gasteiger partial charge on any atom is -0.479 e. The molecule has 0 amide bonds. The van der Waals surface area contributed by atoms with Gasteiger partial charge in [0.05, 0.1) is 6.61 Å². The molecule has 0 radical (unpaired) electrons. The van der Waals surface area contributed by atoms with E-state index in [1.807, 2.05) is 25.1 Å². The first kappa shape index (κ1) is 14.9. The van der Waals surface area contributed by atoms with E-state index >= 15 is 0 Å². The van der Waals surface area contributed by atoms with E-state index in [0.29, 0.717) is 22.4 Å². The summed E-state index contributed by atoms with van der Waals surface area (Å²) in [4.78, 5) is 2.93. The second kappa shape index (κ2) is 6.40. The fourth-order valence-electron chi connectivity index (χ4n) is 2.52. The second-order valence-corrected chi connectivity index (χ2v) is 6.31. The van der Waals surface area contributed by atoms with Crippen molar-refractivity contribution in [2.45, 2.75) is 12.7 Å². The lowest BCUT2D eigenvalue weighted by Gasteiger charge is -2.25. The van der Waals surface area contributed by atoms with E-state index in [9.17, 15) is 0 Å². The molecule has 0 aromatic heterocycles. The van der Waals surface area contributed by atoms with Crippen molar-refractivity contribution in [2.75, 3.05) is 6.61 Å². The van der Waals surface area contributed by atoms with Crippen LogP contribution in [0.4, 0.5) is 5.69 Å². The van der Waals surface area contributed by atoms with Gasteiger partial charge in [0.1, 0.15) is 0 Å². The molecular formula is C16H13N3OS2. The van der Waals surface area contributed by atoms with Gasteiger partial charge >= 0.3 is 0 Å². The molecule has 3 rings (SSSR count). The fourth-order valence-corrected chi connectivity index (χ4v) is 3.52. The van der Waals surface area contributed by atoms with Crippen LogP contribution in [0.1, 0.15) is 12.5 Å². The SMILES string of the molecule is CCOC(=S)SCc1cc2c(cc1N=[N+]=[N-])-c1ccccc1-2. The molecule has 22 heavy (non-hydrogen) atoms. The third kappa shape index (κ3) is 2.68. The summed E-state index contributed by atoms with van der Waals surface area (Å²) in [5, 5.41) is 3.82. The van der Waals surface area contributed by atoms with Crippen molar-refractivity contribution in [2.24, 2.45) is 5.11 Å². The zero-order valence-electron chi connectivity index (χ0n) is 11.9. The van der Waals surface area contributed by atoms with Crippen LogP contribution in [0.15, 0.2) is 41.5 Å². The molecule has 0 heterocycles. The van der Waals surface area contributed by atoms with Crippen molar-refractivity contribution in [1.29, 1.82) is 0 Å². The van der Waals surface area contributed by atoms with Gasteiger partial charge in [-0.1, -0.05) is 41.1 Å². The Kier molecular flexibility index (Phi) is 4.34. The highest BCUT2D eigenvalue weighted by molar-refractivity contribution is 8.22. The van der Waals surface area contributed by atoms with Gasteiger partial charge in [-0.25, -0.2) is 0 Å². The lowest BCUT2D eigenvalue weighted by molar-refractivity contribution is 0.346. The quantitative estimate of drug-likeness (QED) is 0.262. The van der Waals surface area contributed by atoms with Gasteiger partial charge in [-0.3, -0.25) is 0 Å².